The molecule has 1 aliphatic heterocycles. The summed E-state index contributed by atoms with van der Waals surface area (Å²) >= 11 is 0. The highest BCUT2D eigenvalue weighted by Gasteiger charge is 2.30. The van der Waals surface area contributed by atoms with Crippen LogP contribution in [0.3, 0.4) is 0 Å². The molecule has 1 aliphatic rings. The van der Waals surface area contributed by atoms with Crippen LogP contribution in [0.25, 0.3) is 0 Å². The van der Waals surface area contributed by atoms with E-state index in [1.807, 2.05) is 0 Å². The predicted molar refractivity (Wildman–Crippen MR) is 136 cm³/mol. The van der Waals surface area contributed by atoms with Gasteiger partial charge >= 0.3 is 6.18 Å². The number of morpholine rings is 1. The van der Waals surface area contributed by atoms with E-state index in [2.05, 4.69) is 16.0 Å². The number of hydrogen-bond acceptors (Lipinski definition) is 5. The summed E-state index contributed by atoms with van der Waals surface area (Å²) in [5.74, 6) is -1.13. The van der Waals surface area contributed by atoms with Crippen LogP contribution in [0.15, 0.2) is 72.8 Å². The lowest BCUT2D eigenvalue weighted by Crippen LogP contribution is -2.40. The average Bonchev–Trinajstić information content (AvgIpc) is 2.92. The molecule has 1 heterocycles. The molecule has 4 rings (SSSR count). The second kappa shape index (κ2) is 11.8. The van der Waals surface area contributed by atoms with Gasteiger partial charge in [-0.3, -0.25) is 14.4 Å². The van der Waals surface area contributed by atoms with Gasteiger partial charge in [-0.05, 0) is 54.6 Å². The van der Waals surface area contributed by atoms with Gasteiger partial charge in [0.05, 0.1) is 25.3 Å². The summed E-state index contributed by atoms with van der Waals surface area (Å²) in [7, 11) is 0. The molecule has 0 unspecified atom stereocenters. The van der Waals surface area contributed by atoms with Gasteiger partial charge in [0.1, 0.15) is 0 Å². The Morgan fingerprint density at radius 1 is 0.789 bits per heavy atom. The maximum Gasteiger partial charge on any atom is 0.416 e. The fourth-order valence-corrected chi connectivity index (χ4v) is 3.81. The van der Waals surface area contributed by atoms with E-state index in [0.717, 1.165) is 12.1 Å². The van der Waals surface area contributed by atoms with Crippen molar-refractivity contribution in [2.24, 2.45) is 0 Å². The van der Waals surface area contributed by atoms with E-state index in [-0.39, 0.29) is 23.7 Å². The summed E-state index contributed by atoms with van der Waals surface area (Å²) in [4.78, 5) is 39.4. The molecule has 198 valence electrons. The number of nitrogens with one attached hydrogen (secondary N) is 3. The van der Waals surface area contributed by atoms with Crippen molar-refractivity contribution < 1.29 is 32.3 Å². The molecule has 1 saturated heterocycles. The number of ether oxygens (including phenoxy) is 1. The number of amides is 3. The van der Waals surface area contributed by atoms with Crippen molar-refractivity contribution >= 4 is 34.8 Å². The third-order valence-corrected chi connectivity index (χ3v) is 5.72. The van der Waals surface area contributed by atoms with Gasteiger partial charge in [0.15, 0.2) is 0 Å². The first-order valence-corrected chi connectivity index (χ1v) is 11.8. The molecule has 3 amide bonds. The van der Waals surface area contributed by atoms with E-state index in [1.165, 1.54) is 24.3 Å². The Morgan fingerprint density at radius 3 is 2.11 bits per heavy atom. The molecule has 0 radical (unpaired) electrons. The van der Waals surface area contributed by atoms with Gasteiger partial charge in [0.2, 0.25) is 5.91 Å². The summed E-state index contributed by atoms with van der Waals surface area (Å²) in [5, 5.41) is 8.08. The van der Waals surface area contributed by atoms with E-state index in [0.29, 0.717) is 43.2 Å². The molecular weight excluding hydrogens is 501 g/mol. The Balaban J connectivity index is 1.33. The number of carbonyl (C=O) groups excluding carboxylic acids is 3. The third-order valence-electron chi connectivity index (χ3n) is 5.72. The summed E-state index contributed by atoms with van der Waals surface area (Å²) < 4.78 is 44.1. The van der Waals surface area contributed by atoms with Gasteiger partial charge in [-0.15, -0.1) is 0 Å². The van der Waals surface area contributed by atoms with Gasteiger partial charge in [0, 0.05) is 41.3 Å². The Kier molecular flexibility index (Phi) is 8.27. The lowest BCUT2D eigenvalue weighted by molar-refractivity contribution is -0.137. The van der Waals surface area contributed by atoms with Gasteiger partial charge in [-0.25, -0.2) is 0 Å². The van der Waals surface area contributed by atoms with Crippen LogP contribution in [0.2, 0.25) is 0 Å². The van der Waals surface area contributed by atoms with Crippen LogP contribution >= 0.6 is 0 Å². The fourth-order valence-electron chi connectivity index (χ4n) is 3.81. The summed E-state index contributed by atoms with van der Waals surface area (Å²) in [6, 6.07) is 17.2. The lowest BCUT2D eigenvalue weighted by atomic mass is 10.1. The molecule has 0 atom stereocenters. The Morgan fingerprint density at radius 2 is 1.39 bits per heavy atom. The lowest BCUT2D eigenvalue weighted by Gasteiger charge is -2.27. The van der Waals surface area contributed by atoms with Crippen LogP contribution in [-0.2, 0) is 15.7 Å². The van der Waals surface area contributed by atoms with Crippen LogP contribution in [-0.4, -0.2) is 55.5 Å². The molecule has 3 aromatic rings. The first kappa shape index (κ1) is 26.7. The minimum Gasteiger partial charge on any atom is -0.378 e. The molecule has 0 spiro atoms. The second-order valence-electron chi connectivity index (χ2n) is 8.50. The van der Waals surface area contributed by atoms with E-state index >= 15 is 0 Å². The van der Waals surface area contributed by atoms with E-state index in [4.69, 9.17) is 4.74 Å². The minimum atomic E-state index is -4.53. The standard InChI is InChI=1S/C27H25F3N4O4/c28-27(29,30)20-6-3-9-23(16-20)33-25(36)18-4-1-8-22(14-18)32-24(35)17-31-21-7-2-5-19(15-21)26(37)34-10-12-38-13-11-34/h1-9,14-16,31H,10-13,17H2,(H,32,35)(H,33,36). The zero-order chi connectivity index (χ0) is 27.1. The molecule has 38 heavy (non-hydrogen) atoms. The van der Waals surface area contributed by atoms with Crippen LogP contribution in [0, 0.1) is 0 Å². The van der Waals surface area contributed by atoms with Crippen molar-refractivity contribution in [2.45, 2.75) is 6.18 Å². The maximum atomic E-state index is 12.9. The number of hydrogen-bond donors (Lipinski definition) is 3. The van der Waals surface area contributed by atoms with E-state index in [9.17, 15) is 27.6 Å². The maximum absolute atomic E-state index is 12.9. The zero-order valence-electron chi connectivity index (χ0n) is 20.2. The number of anilines is 3. The quantitative estimate of drug-likeness (QED) is 0.422. The number of alkyl halides is 3. The molecule has 0 bridgehead atoms. The molecule has 8 nitrogen and oxygen atoms in total. The minimum absolute atomic E-state index is 0.00204. The molecular formula is C27H25F3N4O4. The zero-order valence-corrected chi connectivity index (χ0v) is 20.2. The van der Waals surface area contributed by atoms with Crippen molar-refractivity contribution in [3.8, 4) is 0 Å². The number of rotatable bonds is 7. The first-order valence-electron chi connectivity index (χ1n) is 11.8. The fraction of sp³-hybridized carbons (Fsp3) is 0.222. The largest absolute Gasteiger partial charge is 0.416 e. The number of carbonyl (C=O) groups is 3. The van der Waals surface area contributed by atoms with Gasteiger partial charge in [-0.2, -0.15) is 13.2 Å². The molecule has 3 aromatic carbocycles. The van der Waals surface area contributed by atoms with Crippen molar-refractivity contribution in [1.82, 2.24) is 4.90 Å². The average molecular weight is 527 g/mol. The second-order valence-corrected chi connectivity index (χ2v) is 8.50. The molecule has 0 aromatic heterocycles. The summed E-state index contributed by atoms with van der Waals surface area (Å²) in [5.41, 5.74) is 0.704. The molecule has 11 heteroatoms. The highest BCUT2D eigenvalue weighted by Crippen LogP contribution is 2.30. The first-order chi connectivity index (χ1) is 18.2. The van der Waals surface area contributed by atoms with Crippen molar-refractivity contribution in [1.29, 1.82) is 0 Å². The van der Waals surface area contributed by atoms with Crippen molar-refractivity contribution in [3.63, 3.8) is 0 Å². The van der Waals surface area contributed by atoms with Crippen LogP contribution in [0.1, 0.15) is 26.3 Å². The van der Waals surface area contributed by atoms with Crippen LogP contribution in [0.4, 0.5) is 30.2 Å². The van der Waals surface area contributed by atoms with Crippen LogP contribution < -0.4 is 16.0 Å². The van der Waals surface area contributed by atoms with Gasteiger partial charge < -0.3 is 25.6 Å². The monoisotopic (exact) mass is 526 g/mol. The number of nitrogens with zero attached hydrogens (tertiary/aromatic N) is 1. The van der Waals surface area contributed by atoms with Crippen LogP contribution in [0.5, 0.6) is 0 Å². The van der Waals surface area contributed by atoms with E-state index < -0.39 is 23.6 Å². The molecule has 0 aliphatic carbocycles. The van der Waals surface area contributed by atoms with Crippen molar-refractivity contribution in [2.75, 3.05) is 48.8 Å². The van der Waals surface area contributed by atoms with Gasteiger partial charge in [0.25, 0.3) is 11.8 Å². The number of halogens is 3. The summed E-state index contributed by atoms with van der Waals surface area (Å²) in [6.07, 6.45) is -4.53. The molecule has 1 fully saturated rings. The Hall–Kier alpha value is -4.38. The Labute approximate surface area is 216 Å². The number of benzene rings is 3. The molecule has 3 N–H and O–H groups in total. The highest BCUT2D eigenvalue weighted by atomic mass is 19.4. The topological polar surface area (TPSA) is 99.8 Å². The third kappa shape index (κ3) is 7.10. The smallest absolute Gasteiger partial charge is 0.378 e. The van der Waals surface area contributed by atoms with E-state index in [1.54, 1.807) is 41.3 Å². The Bertz CT molecular complexity index is 1320. The SMILES string of the molecule is O=C(CNc1cccc(C(=O)N2CCOCC2)c1)Nc1cccc(C(=O)Nc2cccc(C(F)(F)F)c2)c1. The highest BCUT2D eigenvalue weighted by molar-refractivity contribution is 6.05. The summed E-state index contributed by atoms with van der Waals surface area (Å²) in [6.45, 7) is 1.94. The molecule has 0 saturated carbocycles. The van der Waals surface area contributed by atoms with Gasteiger partial charge in [-0.1, -0.05) is 18.2 Å². The normalized spacial score (nSPS) is 13.5. The predicted octanol–water partition coefficient (Wildman–Crippen LogP) is 4.48. The van der Waals surface area contributed by atoms with Crippen molar-refractivity contribution in [3.05, 3.63) is 89.5 Å².